The van der Waals surface area contributed by atoms with Crippen molar-refractivity contribution in [1.29, 1.82) is 0 Å². The van der Waals surface area contributed by atoms with E-state index in [2.05, 4.69) is 18.9 Å². The van der Waals surface area contributed by atoms with Gasteiger partial charge in [0.2, 0.25) is 5.91 Å². The molecular formula is C13H22N2O2. The molecule has 4 nitrogen and oxygen atoms in total. The van der Waals surface area contributed by atoms with Gasteiger partial charge in [-0.25, -0.2) is 0 Å². The Morgan fingerprint density at radius 3 is 2.76 bits per heavy atom. The van der Waals surface area contributed by atoms with Gasteiger partial charge in [0, 0.05) is 25.0 Å². The minimum atomic E-state index is 0.00602. The molecule has 0 radical (unpaired) electrons. The van der Waals surface area contributed by atoms with Gasteiger partial charge < -0.3 is 9.64 Å². The predicted molar refractivity (Wildman–Crippen MR) is 64.7 cm³/mol. The zero-order valence-corrected chi connectivity index (χ0v) is 10.8. The van der Waals surface area contributed by atoms with Gasteiger partial charge in [-0.05, 0) is 26.3 Å². The number of hydrogen-bond donors (Lipinski definition) is 0. The van der Waals surface area contributed by atoms with Crippen LogP contribution in [0.15, 0.2) is 0 Å². The van der Waals surface area contributed by atoms with Crippen molar-refractivity contribution in [2.75, 3.05) is 33.3 Å². The van der Waals surface area contributed by atoms with E-state index in [4.69, 9.17) is 4.74 Å². The summed E-state index contributed by atoms with van der Waals surface area (Å²) in [6, 6.07) is 0.417. The maximum atomic E-state index is 12.5. The Bertz CT molecular complexity index is 327. The molecule has 0 aromatic carbocycles. The normalized spacial score (nSPS) is 35.8. The van der Waals surface area contributed by atoms with E-state index < -0.39 is 0 Å². The SMILES string of the molecule is CCC1(C(=O)N2C[C@@H]3OCCN(C)[C@@H]3C2)CC1. The van der Waals surface area contributed by atoms with Gasteiger partial charge >= 0.3 is 0 Å². The van der Waals surface area contributed by atoms with Crippen LogP contribution in [-0.2, 0) is 9.53 Å². The van der Waals surface area contributed by atoms with E-state index in [1.54, 1.807) is 0 Å². The summed E-state index contributed by atoms with van der Waals surface area (Å²) in [5.74, 6) is 0.381. The number of hydrogen-bond acceptors (Lipinski definition) is 3. The lowest BCUT2D eigenvalue weighted by molar-refractivity contribution is -0.136. The highest BCUT2D eigenvalue weighted by Crippen LogP contribution is 2.50. The molecule has 0 aromatic rings. The number of rotatable bonds is 2. The number of morpholine rings is 1. The van der Waals surface area contributed by atoms with Crippen molar-refractivity contribution >= 4 is 5.91 Å². The minimum absolute atomic E-state index is 0.00602. The molecule has 1 aliphatic carbocycles. The molecule has 0 unspecified atom stereocenters. The van der Waals surface area contributed by atoms with E-state index in [0.717, 1.165) is 45.5 Å². The van der Waals surface area contributed by atoms with E-state index in [0.29, 0.717) is 11.9 Å². The number of likely N-dealkylation sites (N-methyl/N-ethyl adjacent to an activating group) is 1. The summed E-state index contributed by atoms with van der Waals surface area (Å²) < 4.78 is 5.78. The Balaban J connectivity index is 1.69. The lowest BCUT2D eigenvalue weighted by atomic mass is 10.0. The van der Waals surface area contributed by atoms with Gasteiger partial charge in [0.05, 0.1) is 18.8 Å². The molecule has 17 heavy (non-hydrogen) atoms. The molecule has 4 heteroatoms. The van der Waals surface area contributed by atoms with Crippen LogP contribution in [0.5, 0.6) is 0 Å². The van der Waals surface area contributed by atoms with Gasteiger partial charge in [0.1, 0.15) is 0 Å². The maximum Gasteiger partial charge on any atom is 0.228 e. The van der Waals surface area contributed by atoms with E-state index in [9.17, 15) is 4.79 Å². The number of ether oxygens (including phenoxy) is 1. The van der Waals surface area contributed by atoms with Gasteiger partial charge in [-0.1, -0.05) is 6.92 Å². The average molecular weight is 238 g/mol. The Morgan fingerprint density at radius 1 is 1.41 bits per heavy atom. The molecule has 2 atom stereocenters. The number of nitrogens with zero attached hydrogens (tertiary/aromatic N) is 2. The molecule has 0 bridgehead atoms. The van der Waals surface area contributed by atoms with Gasteiger partial charge in [-0.2, -0.15) is 0 Å². The highest BCUT2D eigenvalue weighted by atomic mass is 16.5. The molecular weight excluding hydrogens is 216 g/mol. The van der Waals surface area contributed by atoms with E-state index in [-0.39, 0.29) is 11.5 Å². The molecule has 0 N–H and O–H groups in total. The fraction of sp³-hybridized carbons (Fsp3) is 0.923. The van der Waals surface area contributed by atoms with Crippen molar-refractivity contribution in [2.45, 2.75) is 38.3 Å². The third kappa shape index (κ3) is 1.78. The third-order valence-electron chi connectivity index (χ3n) is 4.85. The lowest BCUT2D eigenvalue weighted by Gasteiger charge is -2.33. The second-order valence-corrected chi connectivity index (χ2v) is 5.80. The zero-order chi connectivity index (χ0) is 12.0. The third-order valence-corrected chi connectivity index (χ3v) is 4.85. The highest BCUT2D eigenvalue weighted by molar-refractivity contribution is 5.85. The van der Waals surface area contributed by atoms with E-state index >= 15 is 0 Å². The van der Waals surface area contributed by atoms with Crippen LogP contribution in [0.3, 0.4) is 0 Å². The Kier molecular flexibility index (Phi) is 2.67. The first-order valence-corrected chi connectivity index (χ1v) is 6.77. The summed E-state index contributed by atoms with van der Waals surface area (Å²) in [6.45, 7) is 5.59. The van der Waals surface area contributed by atoms with Crippen molar-refractivity contribution in [1.82, 2.24) is 9.80 Å². The molecule has 96 valence electrons. The van der Waals surface area contributed by atoms with Crippen molar-refractivity contribution in [3.8, 4) is 0 Å². The molecule has 2 saturated heterocycles. The number of amides is 1. The molecule has 1 amide bonds. The lowest BCUT2D eigenvalue weighted by Crippen LogP contribution is -2.48. The van der Waals surface area contributed by atoms with E-state index in [1.807, 2.05) is 4.90 Å². The van der Waals surface area contributed by atoms with Crippen LogP contribution in [0.25, 0.3) is 0 Å². The van der Waals surface area contributed by atoms with Crippen LogP contribution in [0.4, 0.5) is 0 Å². The van der Waals surface area contributed by atoms with Crippen LogP contribution >= 0.6 is 0 Å². The van der Waals surface area contributed by atoms with Gasteiger partial charge in [-0.3, -0.25) is 9.69 Å². The van der Waals surface area contributed by atoms with Gasteiger partial charge in [0.15, 0.2) is 0 Å². The Labute approximate surface area is 103 Å². The maximum absolute atomic E-state index is 12.5. The van der Waals surface area contributed by atoms with Crippen LogP contribution in [-0.4, -0.2) is 61.1 Å². The summed E-state index contributed by atoms with van der Waals surface area (Å²) in [7, 11) is 2.14. The summed E-state index contributed by atoms with van der Waals surface area (Å²) in [4.78, 5) is 16.9. The summed E-state index contributed by atoms with van der Waals surface area (Å²) in [6.07, 6.45) is 3.41. The fourth-order valence-corrected chi connectivity index (χ4v) is 3.23. The molecule has 1 saturated carbocycles. The second kappa shape index (κ2) is 3.95. The summed E-state index contributed by atoms with van der Waals surface area (Å²) in [5.41, 5.74) is 0.00602. The summed E-state index contributed by atoms with van der Waals surface area (Å²) >= 11 is 0. The van der Waals surface area contributed by atoms with Gasteiger partial charge in [0.25, 0.3) is 0 Å². The Hall–Kier alpha value is -0.610. The standard InChI is InChI=1S/C13H22N2O2/c1-3-13(4-5-13)12(16)15-8-10-11(9-15)17-7-6-14(10)2/h10-11H,3-9H2,1-2H3/t10-,11+/m1/s1. The van der Waals surface area contributed by atoms with Crippen molar-refractivity contribution in [3.05, 3.63) is 0 Å². The first kappa shape index (κ1) is 11.5. The van der Waals surface area contributed by atoms with Gasteiger partial charge in [-0.15, -0.1) is 0 Å². The Morgan fingerprint density at radius 2 is 2.18 bits per heavy atom. The average Bonchev–Trinajstić information content (AvgIpc) is 3.01. The first-order chi connectivity index (χ1) is 8.16. The number of fused-ring (bicyclic) bond motifs is 1. The topological polar surface area (TPSA) is 32.8 Å². The monoisotopic (exact) mass is 238 g/mol. The highest BCUT2D eigenvalue weighted by Gasteiger charge is 2.52. The smallest absolute Gasteiger partial charge is 0.228 e. The van der Waals surface area contributed by atoms with Crippen molar-refractivity contribution in [2.24, 2.45) is 5.41 Å². The molecule has 3 fully saturated rings. The van der Waals surface area contributed by atoms with Crippen LogP contribution in [0, 0.1) is 5.41 Å². The quantitative estimate of drug-likeness (QED) is 0.710. The predicted octanol–water partition coefficient (Wildman–Crippen LogP) is 0.718. The fourth-order valence-electron chi connectivity index (χ4n) is 3.23. The largest absolute Gasteiger partial charge is 0.373 e. The van der Waals surface area contributed by atoms with Crippen molar-refractivity contribution in [3.63, 3.8) is 0 Å². The first-order valence-electron chi connectivity index (χ1n) is 6.77. The molecule has 2 aliphatic heterocycles. The molecule has 0 aromatic heterocycles. The van der Waals surface area contributed by atoms with Crippen LogP contribution in [0.2, 0.25) is 0 Å². The van der Waals surface area contributed by atoms with Crippen LogP contribution in [0.1, 0.15) is 26.2 Å². The number of likely N-dealkylation sites (tertiary alicyclic amines) is 1. The minimum Gasteiger partial charge on any atom is -0.373 e. The zero-order valence-electron chi connectivity index (χ0n) is 10.8. The molecule has 2 heterocycles. The van der Waals surface area contributed by atoms with Crippen LogP contribution < -0.4 is 0 Å². The van der Waals surface area contributed by atoms with Crippen molar-refractivity contribution < 1.29 is 9.53 Å². The number of carbonyl (C=O) groups excluding carboxylic acids is 1. The second-order valence-electron chi connectivity index (χ2n) is 5.80. The molecule has 3 aliphatic rings. The summed E-state index contributed by atoms with van der Waals surface area (Å²) in [5, 5.41) is 0. The molecule has 0 spiro atoms. The number of carbonyl (C=O) groups is 1. The van der Waals surface area contributed by atoms with E-state index in [1.165, 1.54) is 0 Å². The molecule has 3 rings (SSSR count).